The Morgan fingerprint density at radius 1 is 1.39 bits per heavy atom. The second-order valence-electron chi connectivity index (χ2n) is 6.21. The van der Waals surface area contributed by atoms with Gasteiger partial charge in [0.05, 0.1) is 12.2 Å². The van der Waals surface area contributed by atoms with E-state index < -0.39 is 0 Å². The van der Waals surface area contributed by atoms with Crippen molar-refractivity contribution in [1.82, 2.24) is 5.32 Å². The zero-order chi connectivity index (χ0) is 16.7. The SMILES string of the molecule is CC(NCCCCC#N)c1cc(F)ccc1N1CCC(O)CC1. The molecule has 5 heteroatoms. The standard InChI is InChI=1S/C18H26FN3O/c1-14(21-10-4-2-3-9-20)17-13-15(19)5-6-18(17)22-11-7-16(23)8-12-22/h5-6,13-14,16,21,23H,2-4,7-8,10-12H2,1H3. The molecule has 1 atom stereocenters. The average Bonchev–Trinajstić information content (AvgIpc) is 2.55. The van der Waals surface area contributed by atoms with Crippen LogP contribution in [0.15, 0.2) is 18.2 Å². The van der Waals surface area contributed by atoms with E-state index in [4.69, 9.17) is 5.26 Å². The number of aliphatic hydroxyl groups excluding tert-OH is 1. The van der Waals surface area contributed by atoms with E-state index >= 15 is 0 Å². The van der Waals surface area contributed by atoms with Gasteiger partial charge in [0, 0.05) is 31.2 Å². The van der Waals surface area contributed by atoms with Gasteiger partial charge in [0.15, 0.2) is 0 Å². The predicted molar refractivity (Wildman–Crippen MR) is 89.7 cm³/mol. The largest absolute Gasteiger partial charge is 0.393 e. The summed E-state index contributed by atoms with van der Waals surface area (Å²) in [4.78, 5) is 2.23. The maximum atomic E-state index is 13.7. The molecule has 0 bridgehead atoms. The molecule has 4 nitrogen and oxygen atoms in total. The molecule has 23 heavy (non-hydrogen) atoms. The second-order valence-corrected chi connectivity index (χ2v) is 6.21. The van der Waals surface area contributed by atoms with Crippen molar-refractivity contribution in [2.24, 2.45) is 0 Å². The van der Waals surface area contributed by atoms with Gasteiger partial charge in [-0.05, 0) is 62.9 Å². The van der Waals surface area contributed by atoms with E-state index in [1.54, 1.807) is 6.07 Å². The van der Waals surface area contributed by atoms with Gasteiger partial charge in [0.1, 0.15) is 5.82 Å². The van der Waals surface area contributed by atoms with E-state index in [1.807, 2.05) is 13.0 Å². The van der Waals surface area contributed by atoms with Crippen molar-refractivity contribution in [2.45, 2.75) is 51.2 Å². The minimum Gasteiger partial charge on any atom is -0.393 e. The van der Waals surface area contributed by atoms with Crippen molar-refractivity contribution in [1.29, 1.82) is 5.26 Å². The highest BCUT2D eigenvalue weighted by Crippen LogP contribution is 2.29. The molecule has 0 radical (unpaired) electrons. The van der Waals surface area contributed by atoms with Crippen molar-refractivity contribution in [3.63, 3.8) is 0 Å². The maximum Gasteiger partial charge on any atom is 0.123 e. The molecule has 1 aromatic rings. The van der Waals surface area contributed by atoms with Crippen LogP contribution in [-0.2, 0) is 0 Å². The molecule has 1 saturated heterocycles. The number of aliphatic hydroxyl groups is 1. The van der Waals surface area contributed by atoms with E-state index in [2.05, 4.69) is 16.3 Å². The highest BCUT2D eigenvalue weighted by Gasteiger charge is 2.21. The lowest BCUT2D eigenvalue weighted by Crippen LogP contribution is -2.37. The smallest absolute Gasteiger partial charge is 0.123 e. The number of nitrogens with one attached hydrogen (secondary N) is 1. The summed E-state index contributed by atoms with van der Waals surface area (Å²) in [5, 5.41) is 21.6. The summed E-state index contributed by atoms with van der Waals surface area (Å²) in [7, 11) is 0. The molecular formula is C18H26FN3O. The van der Waals surface area contributed by atoms with Crippen LogP contribution in [-0.4, -0.2) is 30.8 Å². The molecule has 1 aliphatic rings. The van der Waals surface area contributed by atoms with E-state index in [9.17, 15) is 9.50 Å². The molecule has 0 amide bonds. The molecule has 1 heterocycles. The van der Waals surface area contributed by atoms with E-state index in [-0.39, 0.29) is 18.0 Å². The van der Waals surface area contributed by atoms with Crippen LogP contribution in [0.25, 0.3) is 0 Å². The molecule has 126 valence electrons. The van der Waals surface area contributed by atoms with Crippen molar-refractivity contribution in [3.05, 3.63) is 29.6 Å². The third kappa shape index (κ3) is 5.19. The van der Waals surface area contributed by atoms with Crippen LogP contribution < -0.4 is 10.2 Å². The molecule has 2 N–H and O–H groups in total. The normalized spacial score (nSPS) is 17.0. The number of rotatable bonds is 7. The van der Waals surface area contributed by atoms with Crippen molar-refractivity contribution >= 4 is 5.69 Å². The third-order valence-electron chi connectivity index (χ3n) is 4.43. The van der Waals surface area contributed by atoms with Gasteiger partial charge < -0.3 is 15.3 Å². The Labute approximate surface area is 137 Å². The van der Waals surface area contributed by atoms with Crippen LogP contribution in [0.5, 0.6) is 0 Å². The lowest BCUT2D eigenvalue weighted by Gasteiger charge is -2.34. The molecule has 1 unspecified atom stereocenters. The van der Waals surface area contributed by atoms with E-state index in [0.717, 1.165) is 56.6 Å². The molecule has 0 aliphatic carbocycles. The number of unbranched alkanes of at least 4 members (excludes halogenated alkanes) is 2. The molecular weight excluding hydrogens is 293 g/mol. The molecule has 0 aromatic heterocycles. The fraction of sp³-hybridized carbons (Fsp3) is 0.611. The number of benzene rings is 1. The van der Waals surface area contributed by atoms with Gasteiger partial charge in [-0.3, -0.25) is 0 Å². The monoisotopic (exact) mass is 319 g/mol. The third-order valence-corrected chi connectivity index (χ3v) is 4.43. The summed E-state index contributed by atoms with van der Waals surface area (Å²) in [6, 6.07) is 7.15. The number of anilines is 1. The summed E-state index contributed by atoms with van der Waals surface area (Å²) in [5.74, 6) is -0.223. The van der Waals surface area contributed by atoms with Gasteiger partial charge in [0.25, 0.3) is 0 Å². The second kappa shape index (κ2) is 8.85. The van der Waals surface area contributed by atoms with Crippen LogP contribution in [0.3, 0.4) is 0 Å². The van der Waals surface area contributed by atoms with Crippen LogP contribution >= 0.6 is 0 Å². The fourth-order valence-electron chi connectivity index (χ4n) is 3.02. The number of piperidine rings is 1. The first-order valence-electron chi connectivity index (χ1n) is 8.44. The Kier molecular flexibility index (Phi) is 6.82. The van der Waals surface area contributed by atoms with Gasteiger partial charge in [-0.25, -0.2) is 4.39 Å². The highest BCUT2D eigenvalue weighted by molar-refractivity contribution is 5.55. The lowest BCUT2D eigenvalue weighted by molar-refractivity contribution is 0.145. The minimum atomic E-state index is -0.223. The summed E-state index contributed by atoms with van der Waals surface area (Å²) < 4.78 is 13.7. The van der Waals surface area contributed by atoms with Gasteiger partial charge in [-0.2, -0.15) is 5.26 Å². The quantitative estimate of drug-likeness (QED) is 0.758. The Bertz CT molecular complexity index is 536. The maximum absolute atomic E-state index is 13.7. The van der Waals surface area contributed by atoms with Crippen molar-refractivity contribution in [3.8, 4) is 6.07 Å². The summed E-state index contributed by atoms with van der Waals surface area (Å²) >= 11 is 0. The molecule has 1 fully saturated rings. The first kappa shape index (κ1) is 17.7. The zero-order valence-electron chi connectivity index (χ0n) is 13.8. The van der Waals surface area contributed by atoms with Gasteiger partial charge in [0.2, 0.25) is 0 Å². The summed E-state index contributed by atoms with van der Waals surface area (Å²) in [6.45, 7) is 4.46. The fourth-order valence-corrected chi connectivity index (χ4v) is 3.02. The van der Waals surface area contributed by atoms with Crippen LogP contribution in [0.1, 0.15) is 50.6 Å². The minimum absolute atomic E-state index is 0.0506. The van der Waals surface area contributed by atoms with Gasteiger partial charge in [-0.1, -0.05) is 0 Å². The molecule has 2 rings (SSSR count). The van der Waals surface area contributed by atoms with E-state index in [1.165, 1.54) is 6.07 Å². The number of nitriles is 1. The van der Waals surface area contributed by atoms with Crippen LogP contribution in [0.4, 0.5) is 10.1 Å². The lowest BCUT2D eigenvalue weighted by atomic mass is 10.0. The highest BCUT2D eigenvalue weighted by atomic mass is 19.1. The molecule has 0 spiro atoms. The molecule has 0 saturated carbocycles. The summed E-state index contributed by atoms with van der Waals surface area (Å²) in [5.41, 5.74) is 2.01. The topological polar surface area (TPSA) is 59.3 Å². The number of hydrogen-bond donors (Lipinski definition) is 2. The van der Waals surface area contributed by atoms with Crippen molar-refractivity contribution < 1.29 is 9.50 Å². The Morgan fingerprint density at radius 2 is 2.13 bits per heavy atom. The number of hydrogen-bond acceptors (Lipinski definition) is 4. The Hall–Kier alpha value is -1.64. The molecule has 1 aromatic carbocycles. The van der Waals surface area contributed by atoms with Crippen molar-refractivity contribution in [2.75, 3.05) is 24.5 Å². The van der Waals surface area contributed by atoms with Crippen LogP contribution in [0.2, 0.25) is 0 Å². The summed E-state index contributed by atoms with van der Waals surface area (Å²) in [6.07, 6.45) is 3.71. The zero-order valence-corrected chi connectivity index (χ0v) is 13.8. The Morgan fingerprint density at radius 3 is 2.83 bits per heavy atom. The number of nitrogens with zero attached hydrogens (tertiary/aromatic N) is 2. The first-order chi connectivity index (χ1) is 11.1. The molecule has 1 aliphatic heterocycles. The van der Waals surface area contributed by atoms with Gasteiger partial charge in [-0.15, -0.1) is 0 Å². The van der Waals surface area contributed by atoms with Gasteiger partial charge >= 0.3 is 0 Å². The first-order valence-corrected chi connectivity index (χ1v) is 8.44. The predicted octanol–water partition coefficient (Wildman–Crippen LogP) is 3.13. The van der Waals surface area contributed by atoms with Crippen LogP contribution in [0, 0.1) is 17.1 Å². The Balaban J connectivity index is 2.01. The van der Waals surface area contributed by atoms with E-state index in [0.29, 0.717) is 6.42 Å². The number of halogens is 1. The average molecular weight is 319 g/mol.